The van der Waals surface area contributed by atoms with Crippen molar-refractivity contribution in [3.05, 3.63) is 51.6 Å². The van der Waals surface area contributed by atoms with Gasteiger partial charge in [0.25, 0.3) is 5.91 Å². The van der Waals surface area contributed by atoms with Crippen LogP contribution in [0.3, 0.4) is 0 Å². The van der Waals surface area contributed by atoms with Crippen LogP contribution < -0.4 is 10.1 Å². The molecule has 0 bridgehead atoms. The Hall–Kier alpha value is -2.05. The minimum absolute atomic E-state index is 0.108. The van der Waals surface area contributed by atoms with Crippen molar-refractivity contribution < 1.29 is 9.53 Å². The smallest absolute Gasteiger partial charge is 0.264 e. The lowest BCUT2D eigenvalue weighted by Crippen LogP contribution is -2.19. The van der Waals surface area contributed by atoms with Gasteiger partial charge in [-0.2, -0.15) is 0 Å². The van der Waals surface area contributed by atoms with Crippen molar-refractivity contribution in [1.29, 1.82) is 0 Å². The number of hydrogen-bond donors (Lipinski definition) is 1. The second-order valence-electron chi connectivity index (χ2n) is 4.42. The maximum Gasteiger partial charge on any atom is 0.264 e. The predicted molar refractivity (Wildman–Crippen MR) is 92.7 cm³/mol. The van der Waals surface area contributed by atoms with Crippen molar-refractivity contribution in [3.8, 4) is 5.75 Å². The van der Waals surface area contributed by atoms with Crippen LogP contribution in [-0.4, -0.2) is 17.7 Å². The van der Waals surface area contributed by atoms with Crippen LogP contribution in [0, 0.1) is 0 Å². The number of thiophene rings is 1. The van der Waals surface area contributed by atoms with E-state index in [0.717, 1.165) is 16.3 Å². The van der Waals surface area contributed by atoms with Gasteiger partial charge in [-0.05, 0) is 60.5 Å². The summed E-state index contributed by atoms with van der Waals surface area (Å²) < 4.78 is 5.39. The predicted octanol–water partition coefficient (Wildman–Crippen LogP) is 4.04. The largest absolute Gasteiger partial charge is 0.494 e. The fourth-order valence-corrected chi connectivity index (χ4v) is 3.45. The molecule has 1 fully saturated rings. The van der Waals surface area contributed by atoms with E-state index in [2.05, 4.69) is 10.3 Å². The maximum absolute atomic E-state index is 11.9. The van der Waals surface area contributed by atoms with Gasteiger partial charge in [-0.25, -0.2) is 4.99 Å². The number of aliphatic imine (C=N–C) groups is 1. The molecule has 2 heterocycles. The Bertz CT molecular complexity index is 719. The zero-order chi connectivity index (χ0) is 15.4. The van der Waals surface area contributed by atoms with E-state index in [-0.39, 0.29) is 5.91 Å². The van der Waals surface area contributed by atoms with Crippen LogP contribution in [0.15, 0.2) is 51.7 Å². The van der Waals surface area contributed by atoms with Crippen molar-refractivity contribution in [2.24, 2.45) is 4.99 Å². The Balaban J connectivity index is 1.74. The molecular formula is C16H14N2O2S2. The fourth-order valence-electron chi connectivity index (χ4n) is 1.88. The third-order valence-electron chi connectivity index (χ3n) is 2.85. The Morgan fingerprint density at radius 3 is 2.77 bits per heavy atom. The second kappa shape index (κ2) is 6.81. The highest BCUT2D eigenvalue weighted by Crippen LogP contribution is 2.29. The summed E-state index contributed by atoms with van der Waals surface area (Å²) >= 11 is 2.95. The SMILES string of the molecule is CCOc1ccc(N=C2NC(=O)/C(=C\c3cccs3)S2)cc1. The van der Waals surface area contributed by atoms with Crippen molar-refractivity contribution in [2.75, 3.05) is 6.61 Å². The Kier molecular flexibility index (Phi) is 4.60. The van der Waals surface area contributed by atoms with Crippen LogP contribution in [0.2, 0.25) is 0 Å². The number of amidine groups is 1. The average molecular weight is 330 g/mol. The van der Waals surface area contributed by atoms with Gasteiger partial charge in [-0.15, -0.1) is 11.3 Å². The minimum atomic E-state index is -0.108. The zero-order valence-corrected chi connectivity index (χ0v) is 13.5. The normalized spacial score (nSPS) is 18.0. The molecule has 1 N–H and O–H groups in total. The van der Waals surface area contributed by atoms with Gasteiger partial charge in [0.1, 0.15) is 5.75 Å². The lowest BCUT2D eigenvalue weighted by molar-refractivity contribution is -0.115. The number of carbonyl (C=O) groups excluding carboxylic acids is 1. The molecule has 1 saturated heterocycles. The topological polar surface area (TPSA) is 50.7 Å². The number of amides is 1. The first kappa shape index (κ1) is 14.9. The molecule has 0 aliphatic carbocycles. The number of thioether (sulfide) groups is 1. The molecule has 1 aromatic carbocycles. The van der Waals surface area contributed by atoms with Gasteiger partial charge in [0.2, 0.25) is 0 Å². The summed E-state index contributed by atoms with van der Waals surface area (Å²) in [6, 6.07) is 11.4. The Morgan fingerprint density at radius 1 is 1.27 bits per heavy atom. The van der Waals surface area contributed by atoms with E-state index in [9.17, 15) is 4.79 Å². The van der Waals surface area contributed by atoms with Crippen molar-refractivity contribution in [2.45, 2.75) is 6.92 Å². The van der Waals surface area contributed by atoms with E-state index in [1.807, 2.05) is 54.8 Å². The van der Waals surface area contributed by atoms with Gasteiger partial charge in [0.15, 0.2) is 5.17 Å². The van der Waals surface area contributed by atoms with Crippen LogP contribution in [-0.2, 0) is 4.79 Å². The second-order valence-corrected chi connectivity index (χ2v) is 6.43. The first-order valence-electron chi connectivity index (χ1n) is 6.80. The van der Waals surface area contributed by atoms with Gasteiger partial charge >= 0.3 is 0 Å². The summed E-state index contributed by atoms with van der Waals surface area (Å²) in [5.74, 6) is 0.705. The van der Waals surface area contributed by atoms with Gasteiger partial charge in [-0.3, -0.25) is 4.79 Å². The summed E-state index contributed by atoms with van der Waals surface area (Å²) in [4.78, 5) is 18.1. The number of rotatable bonds is 4. The van der Waals surface area contributed by atoms with Gasteiger partial charge < -0.3 is 10.1 Å². The van der Waals surface area contributed by atoms with E-state index in [0.29, 0.717) is 16.7 Å². The Morgan fingerprint density at radius 2 is 2.09 bits per heavy atom. The highest BCUT2D eigenvalue weighted by molar-refractivity contribution is 8.18. The number of nitrogens with one attached hydrogen (secondary N) is 1. The van der Waals surface area contributed by atoms with Gasteiger partial charge in [0.05, 0.1) is 17.2 Å². The molecule has 1 aromatic heterocycles. The molecule has 1 amide bonds. The maximum atomic E-state index is 11.9. The molecule has 0 atom stereocenters. The molecule has 1 aliphatic rings. The lowest BCUT2D eigenvalue weighted by Gasteiger charge is -2.02. The molecule has 0 spiro atoms. The van der Waals surface area contributed by atoms with E-state index < -0.39 is 0 Å². The molecule has 6 heteroatoms. The summed E-state index contributed by atoms with van der Waals surface area (Å²) in [5.41, 5.74) is 0.781. The van der Waals surface area contributed by atoms with Crippen LogP contribution in [0.5, 0.6) is 5.75 Å². The standard InChI is InChI=1S/C16H14N2O2S2/c1-2-20-12-7-5-11(6-8-12)17-16-18-15(19)14(22-16)10-13-4-3-9-21-13/h3-10H,2H2,1H3,(H,17,18,19)/b14-10+. The fraction of sp³-hybridized carbons (Fsp3) is 0.125. The van der Waals surface area contributed by atoms with E-state index >= 15 is 0 Å². The van der Waals surface area contributed by atoms with E-state index in [1.54, 1.807) is 11.3 Å². The molecule has 0 unspecified atom stereocenters. The molecular weight excluding hydrogens is 316 g/mol. The minimum Gasteiger partial charge on any atom is -0.494 e. The molecule has 0 radical (unpaired) electrons. The van der Waals surface area contributed by atoms with Crippen LogP contribution in [0.25, 0.3) is 6.08 Å². The molecule has 3 rings (SSSR count). The summed E-state index contributed by atoms with van der Waals surface area (Å²) in [6.45, 7) is 2.58. The van der Waals surface area contributed by atoms with Crippen LogP contribution >= 0.6 is 23.1 Å². The third-order valence-corrected chi connectivity index (χ3v) is 4.57. The molecule has 22 heavy (non-hydrogen) atoms. The monoisotopic (exact) mass is 330 g/mol. The summed E-state index contributed by atoms with van der Waals surface area (Å²) in [6.07, 6.45) is 1.88. The summed E-state index contributed by atoms with van der Waals surface area (Å²) in [7, 11) is 0. The highest BCUT2D eigenvalue weighted by Gasteiger charge is 2.23. The molecule has 0 saturated carbocycles. The first-order valence-corrected chi connectivity index (χ1v) is 8.50. The number of benzene rings is 1. The van der Waals surface area contributed by atoms with Crippen molar-refractivity contribution >= 4 is 45.9 Å². The van der Waals surface area contributed by atoms with Crippen molar-refractivity contribution in [3.63, 3.8) is 0 Å². The van der Waals surface area contributed by atoms with E-state index in [4.69, 9.17) is 4.74 Å². The number of carbonyl (C=O) groups is 1. The van der Waals surface area contributed by atoms with E-state index in [1.165, 1.54) is 11.8 Å². The number of hydrogen-bond acceptors (Lipinski definition) is 5. The van der Waals surface area contributed by atoms with Crippen LogP contribution in [0.4, 0.5) is 5.69 Å². The van der Waals surface area contributed by atoms with Crippen molar-refractivity contribution in [1.82, 2.24) is 5.32 Å². The Labute approximate surface area is 136 Å². The highest BCUT2D eigenvalue weighted by atomic mass is 32.2. The molecule has 1 aliphatic heterocycles. The molecule has 2 aromatic rings. The third kappa shape index (κ3) is 3.58. The molecule has 4 nitrogen and oxygen atoms in total. The number of ether oxygens (including phenoxy) is 1. The van der Waals surface area contributed by atoms with Gasteiger partial charge in [-0.1, -0.05) is 6.07 Å². The number of nitrogens with zero attached hydrogens (tertiary/aromatic N) is 1. The first-order chi connectivity index (χ1) is 10.7. The average Bonchev–Trinajstić information content (AvgIpc) is 3.13. The quantitative estimate of drug-likeness (QED) is 0.861. The zero-order valence-electron chi connectivity index (χ0n) is 11.9. The van der Waals surface area contributed by atoms with Gasteiger partial charge in [0, 0.05) is 4.88 Å². The summed E-state index contributed by atoms with van der Waals surface area (Å²) in [5, 5.41) is 5.36. The lowest BCUT2D eigenvalue weighted by atomic mass is 10.3. The van der Waals surface area contributed by atoms with Crippen LogP contribution in [0.1, 0.15) is 11.8 Å². The molecule has 112 valence electrons.